The molecule has 0 aliphatic heterocycles. The van der Waals surface area contributed by atoms with Crippen LogP contribution in [-0.2, 0) is 5.54 Å². The van der Waals surface area contributed by atoms with E-state index in [0.29, 0.717) is 5.02 Å². The van der Waals surface area contributed by atoms with E-state index in [0.717, 1.165) is 22.0 Å². The van der Waals surface area contributed by atoms with Crippen LogP contribution in [0.3, 0.4) is 0 Å². The number of halogens is 1. The molecule has 2 N–H and O–H groups in total. The van der Waals surface area contributed by atoms with Gasteiger partial charge in [-0.2, -0.15) is 0 Å². The summed E-state index contributed by atoms with van der Waals surface area (Å²) in [6.07, 6.45) is 0. The molecule has 4 heteroatoms. The van der Waals surface area contributed by atoms with E-state index >= 15 is 0 Å². The first-order chi connectivity index (χ1) is 11.5. The molecule has 0 aromatic heterocycles. The maximum atomic E-state index is 12.3. The molecule has 3 aromatic rings. The average Bonchev–Trinajstić information content (AvgIpc) is 2.55. The highest BCUT2D eigenvalue weighted by Gasteiger charge is 2.24. The van der Waals surface area contributed by atoms with E-state index in [1.165, 1.54) is 0 Å². The van der Waals surface area contributed by atoms with Gasteiger partial charge in [0.05, 0.1) is 5.54 Å². The molecule has 3 rings (SSSR count). The Morgan fingerprint density at radius 1 is 0.958 bits per heavy atom. The van der Waals surface area contributed by atoms with Gasteiger partial charge in [-0.15, -0.1) is 0 Å². The molecule has 0 heterocycles. The molecule has 0 unspecified atom stereocenters. The number of anilines is 1. The second-order valence-electron chi connectivity index (χ2n) is 6.25. The molecule has 3 nitrogen and oxygen atoms in total. The first kappa shape index (κ1) is 16.3. The average molecular weight is 339 g/mol. The predicted octanol–water partition coefficient (Wildman–Crippen LogP) is 5.55. The summed E-state index contributed by atoms with van der Waals surface area (Å²) in [4.78, 5) is 12.3. The van der Waals surface area contributed by atoms with E-state index < -0.39 is 5.54 Å². The zero-order valence-electron chi connectivity index (χ0n) is 13.6. The lowest BCUT2D eigenvalue weighted by atomic mass is 9.92. The van der Waals surface area contributed by atoms with Crippen LogP contribution in [0, 0.1) is 0 Å². The Morgan fingerprint density at radius 2 is 1.62 bits per heavy atom. The van der Waals surface area contributed by atoms with Gasteiger partial charge >= 0.3 is 6.03 Å². The number of para-hydroxylation sites is 1. The SMILES string of the molecule is CC(C)(NC(=O)Nc1ccccc1)c1cc(Cl)c2ccccc2c1. The van der Waals surface area contributed by atoms with E-state index in [2.05, 4.69) is 16.7 Å². The highest BCUT2D eigenvalue weighted by Crippen LogP contribution is 2.30. The van der Waals surface area contributed by atoms with Crippen LogP contribution in [0.25, 0.3) is 10.8 Å². The molecule has 0 aliphatic rings. The Balaban J connectivity index is 1.83. The van der Waals surface area contributed by atoms with E-state index in [9.17, 15) is 4.79 Å². The van der Waals surface area contributed by atoms with Gasteiger partial charge in [0, 0.05) is 16.1 Å². The van der Waals surface area contributed by atoms with E-state index in [4.69, 9.17) is 11.6 Å². The maximum absolute atomic E-state index is 12.3. The molecule has 24 heavy (non-hydrogen) atoms. The lowest BCUT2D eigenvalue weighted by Crippen LogP contribution is -2.43. The van der Waals surface area contributed by atoms with Crippen LogP contribution >= 0.6 is 11.6 Å². The molecule has 0 spiro atoms. The number of carbonyl (C=O) groups excluding carboxylic acids is 1. The third-order valence-electron chi connectivity index (χ3n) is 3.99. The van der Waals surface area contributed by atoms with Crippen molar-refractivity contribution in [3.8, 4) is 0 Å². The van der Waals surface area contributed by atoms with Crippen molar-refractivity contribution < 1.29 is 4.79 Å². The Labute approximate surface area is 146 Å². The molecule has 0 saturated heterocycles. The highest BCUT2D eigenvalue weighted by molar-refractivity contribution is 6.35. The van der Waals surface area contributed by atoms with Crippen molar-refractivity contribution in [2.45, 2.75) is 19.4 Å². The third-order valence-corrected chi connectivity index (χ3v) is 4.30. The summed E-state index contributed by atoms with van der Waals surface area (Å²) >= 11 is 6.41. The first-order valence-electron chi connectivity index (χ1n) is 7.79. The standard InChI is InChI=1S/C20H19ClN2O/c1-20(2,23-19(24)22-16-9-4-3-5-10-16)15-12-14-8-6-7-11-17(14)18(21)13-15/h3-13H,1-2H3,(H2,22,23,24). The van der Waals surface area contributed by atoms with E-state index in [-0.39, 0.29) is 6.03 Å². The first-order valence-corrected chi connectivity index (χ1v) is 8.16. The van der Waals surface area contributed by atoms with Gasteiger partial charge < -0.3 is 10.6 Å². The lowest BCUT2D eigenvalue weighted by molar-refractivity contribution is 0.242. The summed E-state index contributed by atoms with van der Waals surface area (Å²) in [5.41, 5.74) is 1.14. The highest BCUT2D eigenvalue weighted by atomic mass is 35.5. The van der Waals surface area contributed by atoms with Crippen LogP contribution in [0.15, 0.2) is 66.7 Å². The molecule has 0 atom stereocenters. The molecule has 3 aromatic carbocycles. The molecule has 0 saturated carbocycles. The van der Waals surface area contributed by atoms with Crippen molar-refractivity contribution in [2.75, 3.05) is 5.32 Å². The van der Waals surface area contributed by atoms with Crippen molar-refractivity contribution in [2.24, 2.45) is 0 Å². The minimum absolute atomic E-state index is 0.254. The molecular formula is C20H19ClN2O. The smallest absolute Gasteiger partial charge is 0.319 e. The molecule has 2 amide bonds. The van der Waals surface area contributed by atoms with Gasteiger partial charge in [0.1, 0.15) is 0 Å². The summed E-state index contributed by atoms with van der Waals surface area (Å²) in [6.45, 7) is 3.91. The normalized spacial score (nSPS) is 11.3. The Bertz CT molecular complexity index is 875. The van der Waals surface area contributed by atoms with Gasteiger partial charge in [0.2, 0.25) is 0 Å². The number of rotatable bonds is 3. The minimum Gasteiger partial charge on any atom is -0.329 e. The monoisotopic (exact) mass is 338 g/mol. The quantitative estimate of drug-likeness (QED) is 0.645. The molecule has 0 radical (unpaired) electrons. The Morgan fingerprint density at radius 3 is 2.38 bits per heavy atom. The Kier molecular flexibility index (Phi) is 4.45. The molecule has 0 aliphatic carbocycles. The second kappa shape index (κ2) is 6.54. The van der Waals surface area contributed by atoms with Gasteiger partial charge in [0.25, 0.3) is 0 Å². The van der Waals surface area contributed by atoms with Crippen LogP contribution in [0.1, 0.15) is 19.4 Å². The number of hydrogen-bond donors (Lipinski definition) is 2. The summed E-state index contributed by atoms with van der Waals surface area (Å²) < 4.78 is 0. The number of benzene rings is 3. The molecule has 0 bridgehead atoms. The van der Waals surface area contributed by atoms with Crippen LogP contribution in [-0.4, -0.2) is 6.03 Å². The number of nitrogens with one attached hydrogen (secondary N) is 2. The predicted molar refractivity (Wildman–Crippen MR) is 101 cm³/mol. The fourth-order valence-corrected chi connectivity index (χ4v) is 2.95. The number of urea groups is 1. The van der Waals surface area contributed by atoms with Gasteiger partial charge in [-0.05, 0) is 49.1 Å². The fraction of sp³-hybridized carbons (Fsp3) is 0.150. The lowest BCUT2D eigenvalue weighted by Gasteiger charge is -2.27. The zero-order chi connectivity index (χ0) is 17.2. The molecular weight excluding hydrogens is 320 g/mol. The van der Waals surface area contributed by atoms with Crippen molar-refractivity contribution in [1.82, 2.24) is 5.32 Å². The van der Waals surface area contributed by atoms with Crippen molar-refractivity contribution in [3.63, 3.8) is 0 Å². The zero-order valence-corrected chi connectivity index (χ0v) is 14.4. The number of carbonyl (C=O) groups is 1. The van der Waals surface area contributed by atoms with E-state index in [1.54, 1.807) is 0 Å². The number of amides is 2. The minimum atomic E-state index is -0.563. The van der Waals surface area contributed by atoms with Crippen molar-refractivity contribution in [3.05, 3.63) is 77.3 Å². The maximum Gasteiger partial charge on any atom is 0.319 e. The van der Waals surface area contributed by atoms with Crippen molar-refractivity contribution >= 4 is 34.1 Å². The Hall–Kier alpha value is -2.52. The summed E-state index contributed by atoms with van der Waals surface area (Å²) in [5.74, 6) is 0. The molecule has 122 valence electrons. The largest absolute Gasteiger partial charge is 0.329 e. The van der Waals surface area contributed by atoms with Crippen LogP contribution in [0.5, 0.6) is 0 Å². The molecule has 0 fully saturated rings. The third kappa shape index (κ3) is 3.52. The topological polar surface area (TPSA) is 41.1 Å². The summed E-state index contributed by atoms with van der Waals surface area (Å²) in [6, 6.07) is 21.0. The van der Waals surface area contributed by atoms with Crippen LogP contribution < -0.4 is 10.6 Å². The van der Waals surface area contributed by atoms with Gasteiger partial charge in [-0.1, -0.05) is 54.1 Å². The van der Waals surface area contributed by atoms with Crippen LogP contribution in [0.4, 0.5) is 10.5 Å². The summed E-state index contributed by atoms with van der Waals surface area (Å²) in [7, 11) is 0. The summed E-state index contributed by atoms with van der Waals surface area (Å²) in [5, 5.41) is 8.58. The number of hydrogen-bond acceptors (Lipinski definition) is 1. The number of fused-ring (bicyclic) bond motifs is 1. The van der Waals surface area contributed by atoms with Gasteiger partial charge in [-0.3, -0.25) is 0 Å². The van der Waals surface area contributed by atoms with E-state index in [1.807, 2.05) is 74.5 Å². The second-order valence-corrected chi connectivity index (χ2v) is 6.66. The van der Waals surface area contributed by atoms with Crippen molar-refractivity contribution in [1.29, 1.82) is 0 Å². The fourth-order valence-electron chi connectivity index (χ4n) is 2.66. The van der Waals surface area contributed by atoms with Gasteiger partial charge in [0.15, 0.2) is 0 Å². The van der Waals surface area contributed by atoms with Gasteiger partial charge in [-0.25, -0.2) is 4.79 Å². The van der Waals surface area contributed by atoms with Crippen LogP contribution in [0.2, 0.25) is 5.02 Å².